The lowest BCUT2D eigenvalue weighted by Gasteiger charge is -2.29. The Kier molecular flexibility index (Phi) is 6.52. The maximum atomic E-state index is 11.8. The van der Waals surface area contributed by atoms with Crippen LogP contribution in [0.3, 0.4) is 0 Å². The van der Waals surface area contributed by atoms with Gasteiger partial charge in [0.05, 0.1) is 6.61 Å². The topological polar surface area (TPSA) is 66.8 Å². The second kappa shape index (κ2) is 8.62. The minimum atomic E-state index is -1.61. The van der Waals surface area contributed by atoms with Crippen molar-refractivity contribution >= 4 is 25.1 Å². The van der Waals surface area contributed by atoms with Crippen molar-refractivity contribution in [3.63, 3.8) is 0 Å². The van der Waals surface area contributed by atoms with Gasteiger partial charge in [0.1, 0.15) is 11.8 Å². The summed E-state index contributed by atoms with van der Waals surface area (Å²) in [5.41, 5.74) is -0.748. The number of carbonyl (C=O) groups excluding carboxylic acids is 1. The highest BCUT2D eigenvalue weighted by molar-refractivity contribution is 6.86. The van der Waals surface area contributed by atoms with E-state index in [1.807, 2.05) is 60.7 Å². The Balaban J connectivity index is 2.46. The van der Waals surface area contributed by atoms with E-state index in [1.165, 1.54) is 0 Å². The summed E-state index contributed by atoms with van der Waals surface area (Å²) in [6.07, 6.45) is -0.882. The molecule has 121 valence electrons. The molecule has 0 saturated carbocycles. The normalized spacial score (nSPS) is 13.6. The summed E-state index contributed by atoms with van der Waals surface area (Å²) in [6, 6.07) is 19.4. The molecule has 0 aliphatic carbocycles. The second-order valence-electron chi connectivity index (χ2n) is 5.16. The summed E-state index contributed by atoms with van der Waals surface area (Å²) in [6.45, 7) is 1.26. The number of rotatable bonds is 7. The largest absolute Gasteiger partial charge is 0.463 e. The molecule has 4 nitrogen and oxygen atoms in total. The van der Waals surface area contributed by atoms with Crippen molar-refractivity contribution in [3.05, 3.63) is 60.7 Å². The molecular weight excluding hydrogens is 308 g/mol. The zero-order valence-electron chi connectivity index (χ0n) is 13.1. The van der Waals surface area contributed by atoms with Crippen LogP contribution in [0.1, 0.15) is 13.3 Å². The number of carbonyl (C=O) groups is 1. The fraction of sp³-hybridized carbons (Fsp3) is 0.278. The molecule has 0 aliphatic rings. The molecule has 2 unspecified atom stereocenters. The predicted molar refractivity (Wildman–Crippen MR) is 91.2 cm³/mol. The molecule has 0 fully saturated rings. The predicted octanol–water partition coefficient (Wildman–Crippen LogP) is 0.510. The summed E-state index contributed by atoms with van der Waals surface area (Å²) in [5, 5.41) is 21.7. The molecule has 0 saturated heterocycles. The average molecular weight is 329 g/mol. The van der Waals surface area contributed by atoms with Gasteiger partial charge in [0, 0.05) is 6.42 Å². The van der Waals surface area contributed by atoms with E-state index in [1.54, 1.807) is 6.92 Å². The Bertz CT molecular complexity index is 563. The number of hydrogen-bond acceptors (Lipinski definition) is 4. The van der Waals surface area contributed by atoms with E-state index < -0.39 is 27.2 Å². The third kappa shape index (κ3) is 4.51. The van der Waals surface area contributed by atoms with Gasteiger partial charge < -0.3 is 14.9 Å². The molecule has 2 N–H and O–H groups in total. The molecule has 5 heteroatoms. The minimum absolute atomic E-state index is 0.230. The zero-order chi connectivity index (χ0) is 16.7. The van der Waals surface area contributed by atoms with E-state index in [0.29, 0.717) is 0 Å². The first kappa shape index (κ1) is 17.4. The van der Waals surface area contributed by atoms with Crippen molar-refractivity contribution < 1.29 is 19.7 Å². The number of hydrogen-bond donors (Lipinski definition) is 2. The minimum Gasteiger partial charge on any atom is -0.463 e. The van der Waals surface area contributed by atoms with Crippen molar-refractivity contribution in [2.24, 2.45) is 0 Å². The van der Waals surface area contributed by atoms with Crippen LogP contribution in [0.5, 0.6) is 0 Å². The number of esters is 1. The fourth-order valence-electron chi connectivity index (χ4n) is 2.38. The smallest absolute Gasteiger partial charge is 0.305 e. The second-order valence-corrected chi connectivity index (χ2v) is 7.71. The van der Waals surface area contributed by atoms with Crippen LogP contribution in [0.2, 0.25) is 0 Å². The van der Waals surface area contributed by atoms with Gasteiger partial charge in [-0.05, 0) is 0 Å². The summed E-state index contributed by atoms with van der Waals surface area (Å²) >= 11 is 0. The monoisotopic (exact) mass is 329 g/mol. The zero-order valence-corrected chi connectivity index (χ0v) is 14.1. The Morgan fingerprint density at radius 2 is 1.52 bits per heavy atom. The molecule has 2 aromatic rings. The van der Waals surface area contributed by atoms with Crippen LogP contribution in [-0.4, -0.2) is 43.4 Å². The van der Waals surface area contributed by atoms with Crippen LogP contribution in [0, 0.1) is 0 Å². The number of ether oxygens (including phenoxy) is 1. The molecule has 0 spiro atoms. The van der Waals surface area contributed by atoms with Gasteiger partial charge in [0.25, 0.3) is 0 Å². The number of aliphatic hydroxyl groups excluding tert-OH is 2. The van der Waals surface area contributed by atoms with E-state index in [0.717, 1.165) is 10.4 Å². The maximum Gasteiger partial charge on any atom is 0.305 e. The first-order valence-electron chi connectivity index (χ1n) is 7.63. The molecule has 0 aliphatic heterocycles. The van der Waals surface area contributed by atoms with E-state index in [9.17, 15) is 15.0 Å². The third-order valence-electron chi connectivity index (χ3n) is 3.54. The summed E-state index contributed by atoms with van der Waals surface area (Å²) in [7, 11) is -1.61. The Morgan fingerprint density at radius 3 is 1.91 bits per heavy atom. The molecular formula is C18H21O4Si. The van der Waals surface area contributed by atoms with E-state index in [2.05, 4.69) is 0 Å². The van der Waals surface area contributed by atoms with Crippen LogP contribution >= 0.6 is 0 Å². The van der Waals surface area contributed by atoms with E-state index in [-0.39, 0.29) is 12.4 Å². The molecule has 0 bridgehead atoms. The molecule has 2 aromatic carbocycles. The van der Waals surface area contributed by atoms with Crippen molar-refractivity contribution in [3.8, 4) is 0 Å². The average Bonchev–Trinajstić information content (AvgIpc) is 2.62. The molecule has 0 aromatic heterocycles. The van der Waals surface area contributed by atoms with Gasteiger partial charge in [0.15, 0.2) is 8.80 Å². The van der Waals surface area contributed by atoms with Crippen molar-refractivity contribution in [2.75, 3.05) is 6.61 Å². The first-order valence-corrected chi connectivity index (χ1v) is 9.21. The fourth-order valence-corrected chi connectivity index (χ4v) is 5.21. The lowest BCUT2D eigenvalue weighted by Crippen LogP contribution is -2.58. The Morgan fingerprint density at radius 1 is 1.04 bits per heavy atom. The number of aliphatic hydroxyl groups is 2. The molecule has 2 rings (SSSR count). The molecule has 2 atom stereocenters. The van der Waals surface area contributed by atoms with Gasteiger partial charge in [-0.15, -0.1) is 0 Å². The summed E-state index contributed by atoms with van der Waals surface area (Å²) in [4.78, 5) is 11.8. The SMILES string of the molecule is CCC(=O)OC(C(O)CO)[Si](c1ccccc1)c1ccccc1. The molecule has 1 radical (unpaired) electrons. The molecule has 0 heterocycles. The van der Waals surface area contributed by atoms with Gasteiger partial charge in [-0.3, -0.25) is 4.79 Å². The van der Waals surface area contributed by atoms with Crippen LogP contribution in [0.15, 0.2) is 60.7 Å². The maximum absolute atomic E-state index is 11.8. The first-order chi connectivity index (χ1) is 11.2. The molecule has 0 amide bonds. The van der Waals surface area contributed by atoms with Crippen LogP contribution in [0.4, 0.5) is 0 Å². The van der Waals surface area contributed by atoms with E-state index in [4.69, 9.17) is 4.74 Å². The number of benzene rings is 2. The Hall–Kier alpha value is -1.95. The van der Waals surface area contributed by atoms with Crippen LogP contribution in [-0.2, 0) is 9.53 Å². The molecule has 23 heavy (non-hydrogen) atoms. The van der Waals surface area contributed by atoms with Gasteiger partial charge in [-0.1, -0.05) is 78.0 Å². The van der Waals surface area contributed by atoms with Gasteiger partial charge >= 0.3 is 5.97 Å². The highest BCUT2D eigenvalue weighted by atomic mass is 28.3. The van der Waals surface area contributed by atoms with E-state index >= 15 is 0 Å². The lowest BCUT2D eigenvalue weighted by molar-refractivity contribution is -0.150. The third-order valence-corrected chi connectivity index (χ3v) is 6.52. The standard InChI is InChI=1S/C18H21O4Si/c1-2-17(21)22-18(16(20)13-19)23(14-9-5-3-6-10-14)15-11-7-4-8-12-15/h3-12,16,18-20H,2,13H2,1H3. The summed E-state index contributed by atoms with van der Waals surface area (Å²) in [5.74, 6) is -0.378. The highest BCUT2D eigenvalue weighted by Crippen LogP contribution is 2.08. The van der Waals surface area contributed by atoms with Crippen molar-refractivity contribution in [2.45, 2.75) is 25.2 Å². The highest BCUT2D eigenvalue weighted by Gasteiger charge is 2.35. The van der Waals surface area contributed by atoms with Gasteiger partial charge in [-0.25, -0.2) is 0 Å². The quantitative estimate of drug-likeness (QED) is 0.574. The van der Waals surface area contributed by atoms with Gasteiger partial charge in [0.2, 0.25) is 0 Å². The van der Waals surface area contributed by atoms with Crippen LogP contribution < -0.4 is 10.4 Å². The van der Waals surface area contributed by atoms with Crippen molar-refractivity contribution in [1.82, 2.24) is 0 Å². The lowest BCUT2D eigenvalue weighted by atomic mass is 10.3. The summed E-state index contributed by atoms with van der Waals surface area (Å²) < 4.78 is 5.52. The van der Waals surface area contributed by atoms with Gasteiger partial charge in [-0.2, -0.15) is 0 Å². The van der Waals surface area contributed by atoms with Crippen molar-refractivity contribution in [1.29, 1.82) is 0 Å². The van der Waals surface area contributed by atoms with Crippen LogP contribution in [0.25, 0.3) is 0 Å². The Labute approximate surface area is 138 Å².